The van der Waals surface area contributed by atoms with Gasteiger partial charge in [-0.05, 0) is 44.7 Å². The van der Waals surface area contributed by atoms with Crippen LogP contribution in [0.25, 0.3) is 0 Å². The first-order chi connectivity index (χ1) is 13.0. The standard InChI is InChI=1S/C21H32N2O3S/c1-15(24)17-10-11-18(27-17)21(12-6-7-13-21)14-22-19(25)20(26)23-16-8-4-2-3-5-9-16/h10-11,15-16,24H,2-9,12-14H2,1H3,(H,22,25)(H,23,26). The molecular weight excluding hydrogens is 360 g/mol. The van der Waals surface area contributed by atoms with E-state index >= 15 is 0 Å². The Morgan fingerprint density at radius 2 is 1.78 bits per heavy atom. The minimum Gasteiger partial charge on any atom is -0.388 e. The molecule has 3 rings (SSSR count). The Balaban J connectivity index is 1.58. The molecule has 2 amide bonds. The van der Waals surface area contributed by atoms with E-state index in [1.54, 1.807) is 18.3 Å². The van der Waals surface area contributed by atoms with Crippen LogP contribution in [0.5, 0.6) is 0 Å². The molecule has 1 aromatic heterocycles. The van der Waals surface area contributed by atoms with Crippen molar-refractivity contribution in [1.29, 1.82) is 0 Å². The summed E-state index contributed by atoms with van der Waals surface area (Å²) in [4.78, 5) is 26.9. The van der Waals surface area contributed by atoms with E-state index in [0.717, 1.165) is 56.2 Å². The monoisotopic (exact) mass is 392 g/mol. The van der Waals surface area contributed by atoms with Crippen molar-refractivity contribution < 1.29 is 14.7 Å². The lowest BCUT2D eigenvalue weighted by molar-refractivity contribution is -0.139. The summed E-state index contributed by atoms with van der Waals surface area (Å²) in [6, 6.07) is 4.19. The fourth-order valence-electron chi connectivity index (χ4n) is 4.43. The van der Waals surface area contributed by atoms with Gasteiger partial charge in [-0.1, -0.05) is 38.5 Å². The van der Waals surface area contributed by atoms with E-state index < -0.39 is 17.9 Å². The van der Waals surface area contributed by atoms with E-state index in [2.05, 4.69) is 16.7 Å². The van der Waals surface area contributed by atoms with Gasteiger partial charge < -0.3 is 15.7 Å². The second kappa shape index (κ2) is 9.20. The number of aliphatic hydroxyl groups is 1. The van der Waals surface area contributed by atoms with Gasteiger partial charge in [-0.3, -0.25) is 9.59 Å². The molecule has 0 saturated heterocycles. The fourth-order valence-corrected chi connectivity index (χ4v) is 5.62. The molecule has 0 aromatic carbocycles. The average Bonchev–Trinajstić information content (AvgIpc) is 3.26. The molecule has 1 heterocycles. The van der Waals surface area contributed by atoms with Crippen LogP contribution in [0.1, 0.15) is 87.0 Å². The Labute approximate surface area is 165 Å². The predicted molar refractivity (Wildman–Crippen MR) is 108 cm³/mol. The maximum atomic E-state index is 12.4. The van der Waals surface area contributed by atoms with E-state index in [0.29, 0.717) is 6.54 Å². The molecule has 0 spiro atoms. The minimum atomic E-state index is -0.516. The number of hydrogen-bond donors (Lipinski definition) is 3. The zero-order valence-corrected chi connectivity index (χ0v) is 17.1. The van der Waals surface area contributed by atoms with Crippen LogP contribution in [0.2, 0.25) is 0 Å². The maximum Gasteiger partial charge on any atom is 0.309 e. The highest BCUT2D eigenvalue weighted by Crippen LogP contribution is 2.44. The van der Waals surface area contributed by atoms with Crippen LogP contribution in [0.15, 0.2) is 12.1 Å². The number of carbonyl (C=O) groups is 2. The Morgan fingerprint density at radius 1 is 1.11 bits per heavy atom. The predicted octanol–water partition coefficient (Wildman–Crippen LogP) is 3.57. The van der Waals surface area contributed by atoms with Gasteiger partial charge in [0.1, 0.15) is 0 Å². The molecule has 2 aliphatic carbocycles. The van der Waals surface area contributed by atoms with Crippen LogP contribution in [0.3, 0.4) is 0 Å². The molecule has 2 aliphatic rings. The summed E-state index contributed by atoms with van der Waals surface area (Å²) in [5.74, 6) is -1.01. The third-order valence-corrected chi connectivity index (χ3v) is 7.61. The lowest BCUT2D eigenvalue weighted by Crippen LogP contribution is -2.47. The Bertz CT molecular complexity index is 642. The largest absolute Gasteiger partial charge is 0.388 e. The first kappa shape index (κ1) is 20.3. The molecule has 5 nitrogen and oxygen atoms in total. The molecule has 1 atom stereocenters. The van der Waals surface area contributed by atoms with Crippen molar-refractivity contribution in [3.8, 4) is 0 Å². The lowest BCUT2D eigenvalue weighted by Gasteiger charge is -2.28. The molecule has 1 aromatic rings. The van der Waals surface area contributed by atoms with Gasteiger partial charge in [0.2, 0.25) is 0 Å². The topological polar surface area (TPSA) is 78.4 Å². The fraction of sp³-hybridized carbons (Fsp3) is 0.714. The number of carbonyl (C=O) groups excluding carboxylic acids is 2. The normalized spacial score (nSPS) is 21.4. The Kier molecular flexibility index (Phi) is 6.93. The number of hydrogen-bond acceptors (Lipinski definition) is 4. The number of aliphatic hydroxyl groups excluding tert-OH is 1. The van der Waals surface area contributed by atoms with Crippen molar-refractivity contribution >= 4 is 23.2 Å². The van der Waals surface area contributed by atoms with Crippen molar-refractivity contribution in [2.75, 3.05) is 6.54 Å². The minimum absolute atomic E-state index is 0.101. The average molecular weight is 393 g/mol. The molecule has 0 bridgehead atoms. The maximum absolute atomic E-state index is 12.4. The molecule has 0 radical (unpaired) electrons. The SMILES string of the molecule is CC(O)c1ccc(C2(CNC(=O)C(=O)NC3CCCCCC3)CCCC2)s1. The summed E-state index contributed by atoms with van der Waals surface area (Å²) in [5.41, 5.74) is -0.101. The molecule has 2 fully saturated rings. The Morgan fingerprint density at radius 3 is 2.37 bits per heavy atom. The second-order valence-electron chi connectivity index (χ2n) is 8.21. The summed E-state index contributed by atoms with van der Waals surface area (Å²) in [6.07, 6.45) is 10.4. The van der Waals surface area contributed by atoms with Crippen molar-refractivity contribution in [3.05, 3.63) is 21.9 Å². The quantitative estimate of drug-likeness (QED) is 0.529. The van der Waals surface area contributed by atoms with Crippen LogP contribution < -0.4 is 10.6 Å². The smallest absolute Gasteiger partial charge is 0.309 e. The van der Waals surface area contributed by atoms with E-state index in [4.69, 9.17) is 0 Å². The lowest BCUT2D eigenvalue weighted by atomic mass is 9.84. The van der Waals surface area contributed by atoms with E-state index in [1.807, 2.05) is 6.07 Å². The van der Waals surface area contributed by atoms with Gasteiger partial charge in [0.25, 0.3) is 0 Å². The molecule has 150 valence electrons. The highest BCUT2D eigenvalue weighted by molar-refractivity contribution is 7.12. The second-order valence-corrected chi connectivity index (χ2v) is 9.33. The van der Waals surface area contributed by atoms with Crippen LogP contribution in [0.4, 0.5) is 0 Å². The van der Waals surface area contributed by atoms with E-state index in [1.165, 1.54) is 17.7 Å². The first-order valence-electron chi connectivity index (χ1n) is 10.4. The Hall–Kier alpha value is -1.40. The van der Waals surface area contributed by atoms with E-state index in [-0.39, 0.29) is 11.5 Å². The molecule has 27 heavy (non-hydrogen) atoms. The zero-order chi connectivity index (χ0) is 19.3. The molecule has 2 saturated carbocycles. The van der Waals surface area contributed by atoms with Gasteiger partial charge in [-0.2, -0.15) is 0 Å². The number of nitrogens with one attached hydrogen (secondary N) is 2. The first-order valence-corrected chi connectivity index (χ1v) is 11.2. The van der Waals surface area contributed by atoms with Gasteiger partial charge in [0, 0.05) is 27.8 Å². The third kappa shape index (κ3) is 5.11. The molecule has 3 N–H and O–H groups in total. The molecule has 6 heteroatoms. The van der Waals surface area contributed by atoms with Crippen LogP contribution in [-0.4, -0.2) is 29.5 Å². The highest BCUT2D eigenvalue weighted by atomic mass is 32.1. The summed E-state index contributed by atoms with van der Waals surface area (Å²) in [7, 11) is 0. The van der Waals surface area contributed by atoms with Gasteiger partial charge >= 0.3 is 11.8 Å². The number of amides is 2. The zero-order valence-electron chi connectivity index (χ0n) is 16.3. The van der Waals surface area contributed by atoms with Crippen molar-refractivity contribution in [1.82, 2.24) is 10.6 Å². The summed E-state index contributed by atoms with van der Waals surface area (Å²) >= 11 is 1.63. The van der Waals surface area contributed by atoms with Crippen molar-refractivity contribution in [3.63, 3.8) is 0 Å². The summed E-state index contributed by atoms with van der Waals surface area (Å²) in [6.45, 7) is 2.26. The van der Waals surface area contributed by atoms with Crippen LogP contribution >= 0.6 is 11.3 Å². The van der Waals surface area contributed by atoms with Crippen molar-refractivity contribution in [2.45, 2.75) is 88.7 Å². The van der Waals surface area contributed by atoms with Crippen LogP contribution in [-0.2, 0) is 15.0 Å². The molecule has 0 aliphatic heterocycles. The van der Waals surface area contributed by atoms with E-state index in [9.17, 15) is 14.7 Å². The van der Waals surface area contributed by atoms with Crippen LogP contribution in [0, 0.1) is 0 Å². The van der Waals surface area contributed by atoms with Gasteiger partial charge in [0.05, 0.1) is 6.10 Å². The number of rotatable bonds is 5. The number of thiophene rings is 1. The highest BCUT2D eigenvalue weighted by Gasteiger charge is 2.38. The summed E-state index contributed by atoms with van der Waals surface area (Å²) < 4.78 is 0. The van der Waals surface area contributed by atoms with Gasteiger partial charge in [-0.25, -0.2) is 0 Å². The van der Waals surface area contributed by atoms with Gasteiger partial charge in [0.15, 0.2) is 0 Å². The summed E-state index contributed by atoms with van der Waals surface area (Å²) in [5, 5.41) is 15.6. The molecule has 1 unspecified atom stereocenters. The third-order valence-electron chi connectivity index (χ3n) is 6.11. The van der Waals surface area contributed by atoms with Crippen molar-refractivity contribution in [2.24, 2.45) is 0 Å². The van der Waals surface area contributed by atoms with Gasteiger partial charge in [-0.15, -0.1) is 11.3 Å². The molecular formula is C21H32N2O3S.